The molecule has 5 nitrogen and oxygen atoms in total. The molecule has 0 spiro atoms. The number of rotatable bonds is 4. The lowest BCUT2D eigenvalue weighted by atomic mass is 10.2. The van der Waals surface area contributed by atoms with E-state index in [2.05, 4.69) is 14.6 Å². The summed E-state index contributed by atoms with van der Waals surface area (Å²) in [6.07, 6.45) is 6.62. The lowest BCUT2D eigenvalue weighted by Gasteiger charge is -2.06. The topological polar surface area (TPSA) is 61.7 Å². The molecule has 0 aromatic carbocycles. The maximum Gasteiger partial charge on any atom is 0.0951 e. The first-order valence-electron chi connectivity index (χ1n) is 5.39. The molecule has 16 heavy (non-hydrogen) atoms. The molecular weight excluding hydrogens is 202 g/mol. The van der Waals surface area contributed by atoms with Crippen molar-refractivity contribution >= 4 is 0 Å². The first kappa shape index (κ1) is 10.9. The number of nitrogens with two attached hydrogens (primary N) is 1. The van der Waals surface area contributed by atoms with Gasteiger partial charge in [0.2, 0.25) is 0 Å². The van der Waals surface area contributed by atoms with Crippen molar-refractivity contribution in [3.8, 4) is 0 Å². The lowest BCUT2D eigenvalue weighted by molar-refractivity contribution is 0.729. The summed E-state index contributed by atoms with van der Waals surface area (Å²) in [5.41, 5.74) is 9.02. The van der Waals surface area contributed by atoms with Gasteiger partial charge in [0.05, 0.1) is 18.6 Å². The smallest absolute Gasteiger partial charge is 0.0951 e. The molecule has 0 saturated carbocycles. The standard InChI is InChI=1S/C11H17N5/c1-9-10(6-15(2)14-9)7-16-8-13-5-11(16)3-4-12/h5-6,8H,3-4,7,12H2,1-2H3. The average Bonchev–Trinajstić information content (AvgIpc) is 2.77. The van der Waals surface area contributed by atoms with Gasteiger partial charge in [-0.05, 0) is 13.5 Å². The molecule has 0 saturated heterocycles. The van der Waals surface area contributed by atoms with Crippen LogP contribution in [0.3, 0.4) is 0 Å². The Kier molecular flexibility index (Phi) is 3.05. The van der Waals surface area contributed by atoms with Gasteiger partial charge in [0.15, 0.2) is 0 Å². The van der Waals surface area contributed by atoms with Gasteiger partial charge in [-0.1, -0.05) is 0 Å². The van der Waals surface area contributed by atoms with E-state index in [1.165, 1.54) is 11.3 Å². The van der Waals surface area contributed by atoms with Crippen LogP contribution in [0.15, 0.2) is 18.7 Å². The first-order chi connectivity index (χ1) is 7.70. The second kappa shape index (κ2) is 4.49. The second-order valence-electron chi connectivity index (χ2n) is 3.96. The van der Waals surface area contributed by atoms with Gasteiger partial charge in [0.1, 0.15) is 0 Å². The van der Waals surface area contributed by atoms with Gasteiger partial charge in [-0.25, -0.2) is 4.98 Å². The van der Waals surface area contributed by atoms with Gasteiger partial charge in [0, 0.05) is 37.1 Å². The minimum atomic E-state index is 0.651. The van der Waals surface area contributed by atoms with E-state index >= 15 is 0 Å². The van der Waals surface area contributed by atoms with Crippen LogP contribution in [0.2, 0.25) is 0 Å². The van der Waals surface area contributed by atoms with Crippen LogP contribution < -0.4 is 5.73 Å². The lowest BCUT2D eigenvalue weighted by Crippen LogP contribution is -2.09. The van der Waals surface area contributed by atoms with Crippen LogP contribution in [0.1, 0.15) is 17.0 Å². The molecule has 0 bridgehead atoms. The highest BCUT2D eigenvalue weighted by molar-refractivity contribution is 5.17. The molecule has 86 valence electrons. The molecule has 0 radical (unpaired) electrons. The zero-order chi connectivity index (χ0) is 11.5. The van der Waals surface area contributed by atoms with Crippen molar-refractivity contribution in [2.75, 3.05) is 6.54 Å². The highest BCUT2D eigenvalue weighted by Crippen LogP contribution is 2.09. The summed E-state index contributed by atoms with van der Waals surface area (Å²) < 4.78 is 3.96. The van der Waals surface area contributed by atoms with Crippen LogP contribution in [0.5, 0.6) is 0 Å². The number of hydrogen-bond donors (Lipinski definition) is 1. The van der Waals surface area contributed by atoms with Crippen molar-refractivity contribution in [2.24, 2.45) is 12.8 Å². The Labute approximate surface area is 94.9 Å². The van der Waals surface area contributed by atoms with Gasteiger partial charge in [-0.3, -0.25) is 4.68 Å². The van der Waals surface area contributed by atoms with Crippen LogP contribution in [-0.2, 0) is 20.0 Å². The molecule has 2 aromatic rings. The minimum absolute atomic E-state index is 0.651. The van der Waals surface area contributed by atoms with Crippen LogP contribution in [0, 0.1) is 6.92 Å². The number of nitrogens with zero attached hydrogens (tertiary/aromatic N) is 4. The number of aromatic nitrogens is 4. The molecule has 0 aliphatic rings. The zero-order valence-corrected chi connectivity index (χ0v) is 9.72. The van der Waals surface area contributed by atoms with Crippen molar-refractivity contribution in [1.29, 1.82) is 0 Å². The number of hydrogen-bond acceptors (Lipinski definition) is 3. The summed E-state index contributed by atoms with van der Waals surface area (Å²) in [6.45, 7) is 3.49. The van der Waals surface area contributed by atoms with E-state index in [-0.39, 0.29) is 0 Å². The second-order valence-corrected chi connectivity index (χ2v) is 3.96. The van der Waals surface area contributed by atoms with Crippen molar-refractivity contribution < 1.29 is 0 Å². The molecule has 2 heterocycles. The molecule has 0 fully saturated rings. The van der Waals surface area contributed by atoms with Gasteiger partial charge in [-0.2, -0.15) is 5.10 Å². The van der Waals surface area contributed by atoms with Gasteiger partial charge in [-0.15, -0.1) is 0 Å². The van der Waals surface area contributed by atoms with Gasteiger partial charge >= 0.3 is 0 Å². The predicted molar refractivity (Wildman–Crippen MR) is 62.0 cm³/mol. The Balaban J connectivity index is 2.20. The summed E-state index contributed by atoms with van der Waals surface area (Å²) in [4.78, 5) is 4.15. The summed E-state index contributed by atoms with van der Waals surface area (Å²) in [5, 5.41) is 4.33. The molecule has 2 N–H and O–H groups in total. The largest absolute Gasteiger partial charge is 0.330 e. The molecule has 0 unspecified atom stereocenters. The van der Waals surface area contributed by atoms with Gasteiger partial charge in [0.25, 0.3) is 0 Å². The Morgan fingerprint density at radius 3 is 2.88 bits per heavy atom. The van der Waals surface area contributed by atoms with Crippen molar-refractivity contribution in [2.45, 2.75) is 19.9 Å². The van der Waals surface area contributed by atoms with Crippen LogP contribution in [0.25, 0.3) is 0 Å². The summed E-state index contributed by atoms with van der Waals surface area (Å²) in [5.74, 6) is 0. The molecule has 0 aliphatic heterocycles. The third-order valence-electron chi connectivity index (χ3n) is 2.65. The van der Waals surface area contributed by atoms with Crippen LogP contribution >= 0.6 is 0 Å². The monoisotopic (exact) mass is 219 g/mol. The molecule has 0 aliphatic carbocycles. The predicted octanol–water partition coefficient (Wildman–Crippen LogP) is 0.475. The molecule has 0 atom stereocenters. The zero-order valence-electron chi connectivity index (χ0n) is 9.72. The molecule has 0 amide bonds. The fourth-order valence-corrected chi connectivity index (χ4v) is 1.83. The Bertz CT molecular complexity index is 468. The van der Waals surface area contributed by atoms with Crippen LogP contribution in [-0.4, -0.2) is 25.9 Å². The molecule has 2 rings (SSSR count). The average molecular weight is 219 g/mol. The molecule has 2 aromatic heterocycles. The van der Waals surface area contributed by atoms with Crippen molar-refractivity contribution in [1.82, 2.24) is 19.3 Å². The maximum atomic E-state index is 5.56. The van der Waals surface area contributed by atoms with Crippen LogP contribution in [0.4, 0.5) is 0 Å². The molecular formula is C11H17N5. The number of imidazole rings is 1. The quantitative estimate of drug-likeness (QED) is 0.813. The Morgan fingerprint density at radius 1 is 1.44 bits per heavy atom. The SMILES string of the molecule is Cc1nn(C)cc1Cn1cncc1CCN. The highest BCUT2D eigenvalue weighted by Gasteiger charge is 2.06. The Morgan fingerprint density at radius 2 is 2.25 bits per heavy atom. The minimum Gasteiger partial charge on any atom is -0.330 e. The molecule has 5 heteroatoms. The van der Waals surface area contributed by atoms with E-state index in [1.807, 2.05) is 37.4 Å². The Hall–Kier alpha value is -1.62. The van der Waals surface area contributed by atoms with E-state index in [9.17, 15) is 0 Å². The maximum absolute atomic E-state index is 5.56. The first-order valence-corrected chi connectivity index (χ1v) is 5.39. The normalized spacial score (nSPS) is 10.9. The summed E-state index contributed by atoms with van der Waals surface area (Å²) >= 11 is 0. The van der Waals surface area contributed by atoms with Crippen molar-refractivity contribution in [3.05, 3.63) is 35.7 Å². The van der Waals surface area contributed by atoms with Gasteiger partial charge < -0.3 is 10.3 Å². The summed E-state index contributed by atoms with van der Waals surface area (Å²) in [7, 11) is 1.94. The fourth-order valence-electron chi connectivity index (χ4n) is 1.83. The van der Waals surface area contributed by atoms with E-state index in [1.54, 1.807) is 0 Å². The highest BCUT2D eigenvalue weighted by atomic mass is 15.3. The van der Waals surface area contributed by atoms with Crippen molar-refractivity contribution in [3.63, 3.8) is 0 Å². The van der Waals surface area contributed by atoms with E-state index in [0.29, 0.717) is 6.54 Å². The van der Waals surface area contributed by atoms with E-state index in [0.717, 1.165) is 18.7 Å². The number of aryl methyl sites for hydroxylation is 2. The third kappa shape index (κ3) is 2.14. The third-order valence-corrected chi connectivity index (χ3v) is 2.65. The fraction of sp³-hybridized carbons (Fsp3) is 0.455. The summed E-state index contributed by atoms with van der Waals surface area (Å²) in [6, 6.07) is 0. The van der Waals surface area contributed by atoms with E-state index in [4.69, 9.17) is 5.73 Å². The van der Waals surface area contributed by atoms with E-state index < -0.39 is 0 Å².